The van der Waals surface area contributed by atoms with Gasteiger partial charge in [0.25, 0.3) is 0 Å². The lowest BCUT2D eigenvalue weighted by Crippen LogP contribution is -2.07. The zero-order valence-electron chi connectivity index (χ0n) is 12.6. The summed E-state index contributed by atoms with van der Waals surface area (Å²) in [6, 6.07) is 7.82. The van der Waals surface area contributed by atoms with E-state index in [2.05, 4.69) is 10.3 Å². The average Bonchev–Trinajstić information content (AvgIpc) is 2.90. The Balaban J connectivity index is 2.19. The molecule has 7 heteroatoms. The molecule has 0 atom stereocenters. The van der Waals surface area contributed by atoms with Gasteiger partial charge in [0.1, 0.15) is 11.9 Å². The van der Waals surface area contributed by atoms with E-state index in [0.717, 1.165) is 16.1 Å². The molecule has 0 fully saturated rings. The highest BCUT2D eigenvalue weighted by atomic mass is 32.1. The molecule has 1 aromatic carbocycles. The first-order valence-electron chi connectivity index (χ1n) is 6.82. The van der Waals surface area contributed by atoms with Crippen LogP contribution in [-0.2, 0) is 9.53 Å². The number of carbonyl (C=O) groups excluding carboxylic acids is 1. The van der Waals surface area contributed by atoms with Crippen molar-refractivity contribution in [2.45, 2.75) is 13.8 Å². The Labute approximate surface area is 137 Å². The van der Waals surface area contributed by atoms with Gasteiger partial charge in [-0.1, -0.05) is 0 Å². The maximum atomic E-state index is 13.0. The first-order chi connectivity index (χ1) is 11.0. The summed E-state index contributed by atoms with van der Waals surface area (Å²) in [5, 5.41) is 12.3. The van der Waals surface area contributed by atoms with Gasteiger partial charge in [-0.3, -0.25) is 0 Å². The van der Waals surface area contributed by atoms with Crippen LogP contribution in [0.2, 0.25) is 0 Å². The maximum Gasteiger partial charge on any atom is 0.350 e. The van der Waals surface area contributed by atoms with Gasteiger partial charge in [-0.25, -0.2) is 14.2 Å². The quantitative estimate of drug-likeness (QED) is 0.514. The zero-order valence-corrected chi connectivity index (χ0v) is 13.4. The molecule has 0 aliphatic heterocycles. The van der Waals surface area contributed by atoms with Crippen molar-refractivity contribution in [3.63, 3.8) is 0 Å². The number of carbonyl (C=O) groups is 1. The number of benzene rings is 1. The molecule has 2 rings (SSSR count). The molecule has 2 aromatic rings. The van der Waals surface area contributed by atoms with Crippen LogP contribution in [0.25, 0.3) is 11.3 Å². The predicted octanol–water partition coefficient (Wildman–Crippen LogP) is 3.64. The Kier molecular flexibility index (Phi) is 5.44. The molecule has 0 aliphatic carbocycles. The molecular formula is C16H14FN3O2S. The molecule has 0 bridgehead atoms. The fourth-order valence-electron chi connectivity index (χ4n) is 1.81. The van der Waals surface area contributed by atoms with Gasteiger partial charge in [-0.2, -0.15) is 5.26 Å². The minimum absolute atomic E-state index is 0.136. The second-order valence-corrected chi connectivity index (χ2v) is 5.67. The van der Waals surface area contributed by atoms with Crippen molar-refractivity contribution < 1.29 is 13.9 Å². The number of nitrogens with one attached hydrogen (secondary N) is 1. The largest absolute Gasteiger partial charge is 0.462 e. The van der Waals surface area contributed by atoms with Gasteiger partial charge in [-0.15, -0.1) is 11.3 Å². The molecule has 0 spiro atoms. The van der Waals surface area contributed by atoms with Crippen LogP contribution in [0.5, 0.6) is 0 Å². The average molecular weight is 331 g/mol. The second kappa shape index (κ2) is 7.51. The molecule has 0 radical (unpaired) electrons. The lowest BCUT2D eigenvalue weighted by atomic mass is 10.1. The fourth-order valence-corrected chi connectivity index (χ4v) is 2.62. The summed E-state index contributed by atoms with van der Waals surface area (Å²) in [5.41, 5.74) is 1.38. The van der Waals surface area contributed by atoms with Crippen LogP contribution in [0.3, 0.4) is 0 Å². The Morgan fingerprint density at radius 1 is 1.48 bits per heavy atom. The summed E-state index contributed by atoms with van der Waals surface area (Å²) in [4.78, 5) is 16.8. The van der Waals surface area contributed by atoms with Gasteiger partial charge in [0.2, 0.25) is 0 Å². The van der Waals surface area contributed by atoms with Gasteiger partial charge >= 0.3 is 5.97 Å². The number of thiazole rings is 1. The predicted molar refractivity (Wildman–Crippen MR) is 86.2 cm³/mol. The summed E-state index contributed by atoms with van der Waals surface area (Å²) >= 11 is 1.37. The van der Waals surface area contributed by atoms with Crippen LogP contribution in [0.15, 0.2) is 36.0 Å². The van der Waals surface area contributed by atoms with E-state index in [4.69, 9.17) is 10.00 Å². The number of hydrogen-bond donors (Lipinski definition) is 1. The number of nitrogens with zero attached hydrogens (tertiary/aromatic N) is 2. The summed E-state index contributed by atoms with van der Waals surface area (Å²) in [6.45, 7) is 3.75. The number of ether oxygens (including phenoxy) is 1. The topological polar surface area (TPSA) is 75.0 Å². The van der Waals surface area contributed by atoms with E-state index in [1.165, 1.54) is 29.7 Å². The second-order valence-electron chi connectivity index (χ2n) is 4.47. The molecule has 118 valence electrons. The van der Waals surface area contributed by atoms with Gasteiger partial charge in [0, 0.05) is 16.6 Å². The third-order valence-corrected chi connectivity index (χ3v) is 3.77. The van der Waals surface area contributed by atoms with Crippen molar-refractivity contribution in [1.82, 2.24) is 4.98 Å². The van der Waals surface area contributed by atoms with Crippen molar-refractivity contribution in [1.29, 1.82) is 5.26 Å². The summed E-state index contributed by atoms with van der Waals surface area (Å²) in [7, 11) is 0. The number of esters is 1. The van der Waals surface area contributed by atoms with Crippen molar-refractivity contribution in [3.8, 4) is 17.3 Å². The third kappa shape index (κ3) is 4.14. The van der Waals surface area contributed by atoms with E-state index in [-0.39, 0.29) is 18.0 Å². The van der Waals surface area contributed by atoms with E-state index in [1.54, 1.807) is 25.1 Å². The molecule has 0 saturated carbocycles. The number of rotatable bonds is 5. The zero-order chi connectivity index (χ0) is 16.8. The highest BCUT2D eigenvalue weighted by molar-refractivity contribution is 7.16. The van der Waals surface area contributed by atoms with E-state index >= 15 is 0 Å². The van der Waals surface area contributed by atoms with Crippen molar-refractivity contribution in [2.24, 2.45) is 0 Å². The number of aryl methyl sites for hydroxylation is 1. The lowest BCUT2D eigenvalue weighted by molar-refractivity contribution is -0.138. The van der Waals surface area contributed by atoms with E-state index in [0.29, 0.717) is 5.13 Å². The van der Waals surface area contributed by atoms with E-state index < -0.39 is 5.97 Å². The molecule has 23 heavy (non-hydrogen) atoms. The lowest BCUT2D eigenvalue weighted by Gasteiger charge is -2.00. The molecule has 1 N–H and O–H groups in total. The molecule has 0 saturated heterocycles. The monoisotopic (exact) mass is 331 g/mol. The summed E-state index contributed by atoms with van der Waals surface area (Å²) in [6.07, 6.45) is 1.27. The van der Waals surface area contributed by atoms with Crippen molar-refractivity contribution in [3.05, 3.63) is 46.7 Å². The van der Waals surface area contributed by atoms with Crippen LogP contribution in [0.1, 0.15) is 11.8 Å². The highest BCUT2D eigenvalue weighted by Gasteiger charge is 2.12. The molecule has 0 unspecified atom stereocenters. The Morgan fingerprint density at radius 2 is 2.17 bits per heavy atom. The molecule has 1 aromatic heterocycles. The number of nitriles is 1. The van der Waals surface area contributed by atoms with Gasteiger partial charge in [0.15, 0.2) is 10.7 Å². The molecule has 0 amide bonds. The van der Waals surface area contributed by atoms with E-state index in [9.17, 15) is 9.18 Å². The number of aromatic nitrogens is 1. The molecule has 5 nitrogen and oxygen atoms in total. The van der Waals surface area contributed by atoms with Crippen LogP contribution >= 0.6 is 11.3 Å². The number of halogens is 1. The Bertz CT molecular complexity index is 776. The Morgan fingerprint density at radius 3 is 2.78 bits per heavy atom. The van der Waals surface area contributed by atoms with Crippen LogP contribution in [0.4, 0.5) is 9.52 Å². The minimum atomic E-state index is -0.686. The Hall–Kier alpha value is -2.72. The smallest absolute Gasteiger partial charge is 0.350 e. The molecule has 1 heterocycles. The van der Waals surface area contributed by atoms with Crippen molar-refractivity contribution >= 4 is 22.4 Å². The minimum Gasteiger partial charge on any atom is -0.462 e. The first kappa shape index (κ1) is 16.6. The normalized spacial score (nSPS) is 11.0. The molecular weight excluding hydrogens is 317 g/mol. The SMILES string of the molecule is CCOC(=O)/C(C#N)=C/Nc1nc(-c2ccc(F)cc2)c(C)s1. The van der Waals surface area contributed by atoms with Crippen LogP contribution in [0, 0.1) is 24.1 Å². The standard InChI is InChI=1S/C16H14FN3O2S/c1-3-22-15(21)12(8-18)9-19-16-20-14(10(2)23-16)11-4-6-13(17)7-5-11/h4-7,9H,3H2,1-2H3,(H,19,20)/b12-9+. The van der Waals surface area contributed by atoms with E-state index in [1.807, 2.05) is 6.92 Å². The van der Waals surface area contributed by atoms with Crippen LogP contribution in [-0.4, -0.2) is 17.6 Å². The summed E-state index contributed by atoms with van der Waals surface area (Å²) < 4.78 is 17.8. The van der Waals surface area contributed by atoms with Gasteiger partial charge < -0.3 is 10.1 Å². The van der Waals surface area contributed by atoms with Gasteiger partial charge in [-0.05, 0) is 38.1 Å². The van der Waals surface area contributed by atoms with Gasteiger partial charge in [0.05, 0.1) is 12.3 Å². The van der Waals surface area contributed by atoms with Crippen molar-refractivity contribution in [2.75, 3.05) is 11.9 Å². The third-order valence-electron chi connectivity index (χ3n) is 2.87. The fraction of sp³-hybridized carbons (Fsp3) is 0.188. The summed E-state index contributed by atoms with van der Waals surface area (Å²) in [5.74, 6) is -0.995. The highest BCUT2D eigenvalue weighted by Crippen LogP contribution is 2.30. The number of hydrogen-bond acceptors (Lipinski definition) is 6. The molecule has 0 aliphatic rings. The maximum absolute atomic E-state index is 13.0. The van der Waals surface area contributed by atoms with Crippen LogP contribution < -0.4 is 5.32 Å². The first-order valence-corrected chi connectivity index (χ1v) is 7.64. The number of anilines is 1.